The number of carbonyl (C=O) groups excluding carboxylic acids is 2. The topological polar surface area (TPSA) is 63.6 Å². The first-order valence-electron chi connectivity index (χ1n) is 4.82. The van der Waals surface area contributed by atoms with Gasteiger partial charge >= 0.3 is 11.8 Å². The van der Waals surface area contributed by atoms with Crippen LogP contribution in [0.25, 0.3) is 0 Å². The van der Waals surface area contributed by atoms with Gasteiger partial charge in [0, 0.05) is 6.08 Å². The number of hydrogen-bond acceptors (Lipinski definition) is 4. The van der Waals surface area contributed by atoms with Crippen LogP contribution in [-0.2, 0) is 14.3 Å². The summed E-state index contributed by atoms with van der Waals surface area (Å²) in [5.41, 5.74) is -0.701. The first-order chi connectivity index (χ1) is 6.63. The van der Waals surface area contributed by atoms with Gasteiger partial charge in [0.1, 0.15) is 5.60 Å². The molecule has 76 valence electrons. The fourth-order valence-corrected chi connectivity index (χ4v) is 2.08. The number of carbonyl (C=O) groups is 2. The normalized spacial score (nSPS) is 25.9. The van der Waals surface area contributed by atoms with Crippen molar-refractivity contribution in [2.24, 2.45) is 0 Å². The third-order valence-electron chi connectivity index (χ3n) is 2.81. The van der Waals surface area contributed by atoms with Crippen LogP contribution in [0, 0.1) is 0 Å². The van der Waals surface area contributed by atoms with Gasteiger partial charge in [-0.3, -0.25) is 4.79 Å². The number of ether oxygens (including phenoxy) is 1. The molecule has 1 saturated carbocycles. The summed E-state index contributed by atoms with van der Waals surface area (Å²) in [7, 11) is 0. The molecule has 14 heavy (non-hydrogen) atoms. The lowest BCUT2D eigenvalue weighted by Crippen LogP contribution is -2.42. The first kappa shape index (κ1) is 9.24. The van der Waals surface area contributed by atoms with E-state index in [1.54, 1.807) is 0 Å². The number of esters is 1. The van der Waals surface area contributed by atoms with E-state index < -0.39 is 23.1 Å². The summed E-state index contributed by atoms with van der Waals surface area (Å²) in [6, 6.07) is 0. The molecule has 0 unspecified atom stereocenters. The molecule has 4 heteroatoms. The largest absolute Gasteiger partial charge is 0.504 e. The third kappa shape index (κ3) is 1.41. The van der Waals surface area contributed by atoms with Gasteiger partial charge in [-0.1, -0.05) is 6.42 Å². The predicted octanol–water partition coefficient (Wildman–Crippen LogP) is 1.26. The second kappa shape index (κ2) is 3.12. The number of ketones is 1. The summed E-state index contributed by atoms with van der Waals surface area (Å²) in [6.07, 6.45) is 5.85. The summed E-state index contributed by atoms with van der Waals surface area (Å²) in [6.45, 7) is 0. The Balaban J connectivity index is 2.29. The lowest BCUT2D eigenvalue weighted by molar-refractivity contribution is -0.166. The second-order valence-electron chi connectivity index (χ2n) is 3.87. The monoisotopic (exact) mass is 196 g/mol. The molecule has 0 atom stereocenters. The standard InChI is InChI=1S/C10H12O4/c11-7-6-10(4-2-1-3-5-10)14-9(13)8(7)12/h6,11H,1-5H2. The molecule has 1 aliphatic carbocycles. The van der Waals surface area contributed by atoms with Gasteiger partial charge in [-0.25, -0.2) is 4.79 Å². The zero-order valence-corrected chi connectivity index (χ0v) is 7.78. The molecule has 1 spiro atoms. The van der Waals surface area contributed by atoms with Crippen molar-refractivity contribution in [3.63, 3.8) is 0 Å². The van der Waals surface area contributed by atoms with Crippen molar-refractivity contribution in [1.29, 1.82) is 0 Å². The molecular formula is C10H12O4. The maximum Gasteiger partial charge on any atom is 0.383 e. The van der Waals surface area contributed by atoms with Gasteiger partial charge in [0.15, 0.2) is 5.76 Å². The van der Waals surface area contributed by atoms with Crippen molar-refractivity contribution in [2.75, 3.05) is 0 Å². The Morgan fingerprint density at radius 2 is 1.86 bits per heavy atom. The molecule has 0 aromatic rings. The molecule has 2 aliphatic rings. The molecule has 1 heterocycles. The van der Waals surface area contributed by atoms with E-state index in [-0.39, 0.29) is 0 Å². The fourth-order valence-electron chi connectivity index (χ4n) is 2.08. The molecule has 1 fully saturated rings. The minimum absolute atomic E-state index is 0.455. The smallest absolute Gasteiger partial charge is 0.383 e. The molecule has 0 radical (unpaired) electrons. The maximum atomic E-state index is 11.1. The molecule has 0 amide bonds. The van der Waals surface area contributed by atoms with Crippen molar-refractivity contribution in [3.05, 3.63) is 11.8 Å². The summed E-state index contributed by atoms with van der Waals surface area (Å²) < 4.78 is 5.07. The van der Waals surface area contributed by atoms with Gasteiger partial charge in [-0.2, -0.15) is 0 Å². The highest BCUT2D eigenvalue weighted by atomic mass is 16.6. The predicted molar refractivity (Wildman–Crippen MR) is 47.6 cm³/mol. The van der Waals surface area contributed by atoms with Crippen LogP contribution in [0.1, 0.15) is 32.1 Å². The van der Waals surface area contributed by atoms with Crippen LogP contribution in [0.4, 0.5) is 0 Å². The van der Waals surface area contributed by atoms with Crippen LogP contribution in [0.15, 0.2) is 11.8 Å². The van der Waals surface area contributed by atoms with Gasteiger partial charge < -0.3 is 9.84 Å². The average molecular weight is 196 g/mol. The number of hydrogen-bond donors (Lipinski definition) is 1. The zero-order chi connectivity index (χ0) is 10.2. The van der Waals surface area contributed by atoms with Gasteiger partial charge in [-0.05, 0) is 25.7 Å². The molecule has 1 aliphatic heterocycles. The zero-order valence-electron chi connectivity index (χ0n) is 7.78. The van der Waals surface area contributed by atoms with E-state index in [4.69, 9.17) is 4.74 Å². The van der Waals surface area contributed by atoms with E-state index in [0.717, 1.165) is 19.3 Å². The highest BCUT2D eigenvalue weighted by Gasteiger charge is 2.41. The van der Waals surface area contributed by atoms with Gasteiger partial charge in [0.2, 0.25) is 0 Å². The Kier molecular flexibility index (Phi) is 2.06. The number of Topliss-reactive ketones (excluding diaryl/α,β-unsaturated/α-hetero) is 1. The Labute approximate surface area is 81.6 Å². The molecule has 0 aromatic carbocycles. The van der Waals surface area contributed by atoms with Crippen LogP contribution in [0.3, 0.4) is 0 Å². The van der Waals surface area contributed by atoms with E-state index in [2.05, 4.69) is 0 Å². The highest BCUT2D eigenvalue weighted by molar-refractivity contribution is 6.40. The Morgan fingerprint density at radius 3 is 2.43 bits per heavy atom. The number of aliphatic hydroxyl groups is 1. The van der Waals surface area contributed by atoms with Crippen LogP contribution < -0.4 is 0 Å². The minimum atomic E-state index is -0.929. The molecular weight excluding hydrogens is 184 g/mol. The van der Waals surface area contributed by atoms with Crippen molar-refractivity contribution in [1.82, 2.24) is 0 Å². The summed E-state index contributed by atoms with van der Waals surface area (Å²) in [4.78, 5) is 22.1. The van der Waals surface area contributed by atoms with Crippen molar-refractivity contribution in [2.45, 2.75) is 37.7 Å². The van der Waals surface area contributed by atoms with Crippen molar-refractivity contribution < 1.29 is 19.4 Å². The first-order valence-corrected chi connectivity index (χ1v) is 4.82. The number of rotatable bonds is 0. The summed E-state index contributed by atoms with van der Waals surface area (Å²) >= 11 is 0. The van der Waals surface area contributed by atoms with E-state index in [0.29, 0.717) is 12.8 Å². The van der Waals surface area contributed by atoms with E-state index in [9.17, 15) is 14.7 Å². The molecule has 4 nitrogen and oxygen atoms in total. The quantitative estimate of drug-likeness (QED) is 0.468. The van der Waals surface area contributed by atoms with Crippen LogP contribution >= 0.6 is 0 Å². The Bertz CT molecular complexity index is 310. The van der Waals surface area contributed by atoms with Gasteiger partial charge in [0.05, 0.1) is 0 Å². The minimum Gasteiger partial charge on any atom is -0.504 e. The van der Waals surface area contributed by atoms with Crippen molar-refractivity contribution >= 4 is 11.8 Å². The van der Waals surface area contributed by atoms with Crippen LogP contribution in [-0.4, -0.2) is 22.5 Å². The molecule has 2 rings (SSSR count). The third-order valence-corrected chi connectivity index (χ3v) is 2.81. The second-order valence-corrected chi connectivity index (χ2v) is 3.87. The van der Waals surface area contributed by atoms with Gasteiger partial charge in [0.25, 0.3) is 0 Å². The maximum absolute atomic E-state index is 11.1. The highest BCUT2D eigenvalue weighted by Crippen LogP contribution is 2.35. The molecule has 0 bridgehead atoms. The Hall–Kier alpha value is -1.32. The van der Waals surface area contributed by atoms with Gasteiger partial charge in [-0.15, -0.1) is 0 Å². The Morgan fingerprint density at radius 1 is 1.21 bits per heavy atom. The van der Waals surface area contributed by atoms with Crippen LogP contribution in [0.2, 0.25) is 0 Å². The van der Waals surface area contributed by atoms with E-state index >= 15 is 0 Å². The summed E-state index contributed by atoms with van der Waals surface area (Å²) in [5.74, 6) is -2.31. The summed E-state index contributed by atoms with van der Waals surface area (Å²) in [5, 5.41) is 9.28. The fraction of sp³-hybridized carbons (Fsp3) is 0.600. The number of aliphatic hydroxyl groups excluding tert-OH is 1. The van der Waals surface area contributed by atoms with Crippen LogP contribution in [0.5, 0.6) is 0 Å². The van der Waals surface area contributed by atoms with Crippen molar-refractivity contribution in [3.8, 4) is 0 Å². The SMILES string of the molecule is O=C1OC2(C=C(O)C1=O)CCCCC2. The molecule has 0 aromatic heterocycles. The lowest BCUT2D eigenvalue weighted by Gasteiger charge is -2.35. The van der Waals surface area contributed by atoms with E-state index in [1.165, 1.54) is 6.08 Å². The average Bonchev–Trinajstić information content (AvgIpc) is 2.15. The van der Waals surface area contributed by atoms with E-state index in [1.807, 2.05) is 0 Å². The lowest BCUT2D eigenvalue weighted by atomic mass is 9.83. The molecule has 0 saturated heterocycles. The molecule has 1 N–H and O–H groups in total.